The van der Waals surface area contributed by atoms with Crippen LogP contribution in [0.25, 0.3) is 0 Å². The van der Waals surface area contributed by atoms with E-state index in [2.05, 4.69) is 0 Å². The van der Waals surface area contributed by atoms with Crippen LogP contribution in [-0.2, 0) is 16.6 Å². The fourth-order valence-corrected chi connectivity index (χ4v) is 3.62. The molecule has 0 amide bonds. The van der Waals surface area contributed by atoms with Crippen molar-refractivity contribution in [3.63, 3.8) is 0 Å². The van der Waals surface area contributed by atoms with Gasteiger partial charge in [0.25, 0.3) is 0 Å². The van der Waals surface area contributed by atoms with Crippen LogP contribution in [0.5, 0.6) is 0 Å². The first kappa shape index (κ1) is 14.7. The predicted molar refractivity (Wildman–Crippen MR) is 82.4 cm³/mol. The lowest BCUT2D eigenvalue weighted by molar-refractivity contribution is 0.683. The fraction of sp³-hybridized carbons (Fsp3) is 0.0769. The van der Waals surface area contributed by atoms with Crippen LogP contribution in [0.2, 0.25) is 15.1 Å². The Labute approximate surface area is 128 Å². The molecule has 2 rings (SSSR count). The topological polar surface area (TPSA) is 43.1 Å². The third kappa shape index (κ3) is 3.42. The molecular weight excluding hydrogens is 325 g/mol. The molecule has 1 atom stereocenters. The minimum atomic E-state index is -1.33. The van der Waals surface area contributed by atoms with Gasteiger partial charge in [-0.2, -0.15) is 0 Å². The van der Waals surface area contributed by atoms with E-state index in [0.29, 0.717) is 25.7 Å². The van der Waals surface area contributed by atoms with E-state index in [4.69, 9.17) is 40.5 Å². The van der Waals surface area contributed by atoms with E-state index in [1.807, 2.05) is 0 Å². The maximum absolute atomic E-state index is 12.3. The lowest BCUT2D eigenvalue weighted by atomic mass is 10.2. The van der Waals surface area contributed by atoms with Crippen LogP contribution < -0.4 is 5.73 Å². The van der Waals surface area contributed by atoms with Crippen LogP contribution in [-0.4, -0.2) is 4.21 Å². The highest BCUT2D eigenvalue weighted by molar-refractivity contribution is 7.84. The maximum atomic E-state index is 12.3. The minimum absolute atomic E-state index is 0.283. The monoisotopic (exact) mass is 333 g/mol. The van der Waals surface area contributed by atoms with Gasteiger partial charge in [0.1, 0.15) is 0 Å². The molecule has 0 heterocycles. The van der Waals surface area contributed by atoms with Crippen LogP contribution in [0.1, 0.15) is 5.56 Å². The van der Waals surface area contributed by atoms with Gasteiger partial charge >= 0.3 is 0 Å². The number of rotatable bonds is 3. The van der Waals surface area contributed by atoms with E-state index < -0.39 is 10.8 Å². The Morgan fingerprint density at radius 1 is 1.00 bits per heavy atom. The first-order valence-electron chi connectivity index (χ1n) is 5.35. The minimum Gasteiger partial charge on any atom is -0.398 e. The van der Waals surface area contributed by atoms with Crippen molar-refractivity contribution in [3.05, 3.63) is 57.0 Å². The van der Waals surface area contributed by atoms with E-state index in [1.165, 1.54) is 0 Å². The number of benzene rings is 2. The van der Waals surface area contributed by atoms with E-state index in [9.17, 15) is 4.21 Å². The summed E-state index contributed by atoms with van der Waals surface area (Å²) in [5.74, 6) is 0.283. The Kier molecular flexibility index (Phi) is 4.74. The summed E-state index contributed by atoms with van der Waals surface area (Å²) in [7, 11) is -1.33. The van der Waals surface area contributed by atoms with Crippen molar-refractivity contribution < 1.29 is 4.21 Å². The highest BCUT2D eigenvalue weighted by Gasteiger charge is 2.13. The Bertz CT molecular complexity index is 626. The third-order valence-electron chi connectivity index (χ3n) is 2.51. The van der Waals surface area contributed by atoms with Gasteiger partial charge in [0, 0.05) is 5.69 Å². The second-order valence-electron chi connectivity index (χ2n) is 3.90. The predicted octanol–water partition coefficient (Wildman–Crippen LogP) is 4.54. The molecule has 0 spiro atoms. The standard InChI is InChI=1S/C13H10Cl3NOS/c14-9-5-4-8(6-11(9)16)7-19(18)13-10(15)2-1-3-12(13)17/h1-6H,7,17H2. The van der Waals surface area contributed by atoms with Gasteiger partial charge in [-0.1, -0.05) is 46.9 Å². The zero-order valence-corrected chi connectivity index (χ0v) is 12.8. The van der Waals surface area contributed by atoms with E-state index in [1.54, 1.807) is 36.4 Å². The molecule has 0 aliphatic carbocycles. The molecule has 100 valence electrons. The summed E-state index contributed by atoms with van der Waals surface area (Å²) >= 11 is 17.8. The number of hydrogen-bond acceptors (Lipinski definition) is 2. The van der Waals surface area contributed by atoms with Gasteiger partial charge in [0.15, 0.2) is 0 Å². The average molecular weight is 335 g/mol. The number of anilines is 1. The highest BCUT2D eigenvalue weighted by atomic mass is 35.5. The molecule has 0 saturated carbocycles. The van der Waals surface area contributed by atoms with Crippen LogP contribution >= 0.6 is 34.8 Å². The number of halogens is 3. The lowest BCUT2D eigenvalue weighted by Gasteiger charge is -2.08. The molecule has 2 aromatic rings. The zero-order chi connectivity index (χ0) is 14.0. The molecule has 0 bridgehead atoms. The fourth-order valence-electron chi connectivity index (χ4n) is 1.62. The van der Waals surface area contributed by atoms with E-state index >= 15 is 0 Å². The number of nitrogen functional groups attached to an aromatic ring is 1. The van der Waals surface area contributed by atoms with Crippen molar-refractivity contribution in [2.75, 3.05) is 5.73 Å². The molecule has 2 N–H and O–H groups in total. The molecule has 0 saturated heterocycles. The second kappa shape index (κ2) is 6.14. The summed E-state index contributed by atoms with van der Waals surface area (Å²) < 4.78 is 12.3. The number of hydrogen-bond donors (Lipinski definition) is 1. The Balaban J connectivity index is 2.28. The molecule has 0 aliphatic heterocycles. The van der Waals surface area contributed by atoms with Crippen molar-refractivity contribution in [1.29, 1.82) is 0 Å². The normalized spacial score (nSPS) is 12.4. The van der Waals surface area contributed by atoms with Gasteiger partial charge in [0.05, 0.1) is 36.5 Å². The molecule has 0 aliphatic rings. The van der Waals surface area contributed by atoms with Crippen molar-refractivity contribution in [2.24, 2.45) is 0 Å². The SMILES string of the molecule is Nc1cccc(Cl)c1S(=O)Cc1ccc(Cl)c(Cl)c1. The van der Waals surface area contributed by atoms with Crippen molar-refractivity contribution in [2.45, 2.75) is 10.6 Å². The molecule has 19 heavy (non-hydrogen) atoms. The quantitative estimate of drug-likeness (QED) is 0.838. The summed E-state index contributed by atoms with van der Waals surface area (Å²) in [6.07, 6.45) is 0. The Morgan fingerprint density at radius 3 is 2.37 bits per heavy atom. The summed E-state index contributed by atoms with van der Waals surface area (Å²) in [5.41, 5.74) is 7.04. The van der Waals surface area contributed by atoms with Crippen LogP contribution in [0.3, 0.4) is 0 Å². The van der Waals surface area contributed by atoms with Gasteiger partial charge in [-0.3, -0.25) is 4.21 Å². The first-order chi connectivity index (χ1) is 8.99. The van der Waals surface area contributed by atoms with Gasteiger partial charge in [-0.15, -0.1) is 0 Å². The van der Waals surface area contributed by atoms with Gasteiger partial charge in [0.2, 0.25) is 0 Å². The zero-order valence-electron chi connectivity index (χ0n) is 9.70. The van der Waals surface area contributed by atoms with Crippen molar-refractivity contribution in [1.82, 2.24) is 0 Å². The van der Waals surface area contributed by atoms with Crippen molar-refractivity contribution in [3.8, 4) is 0 Å². The Morgan fingerprint density at radius 2 is 1.74 bits per heavy atom. The smallest absolute Gasteiger partial charge is 0.0806 e. The lowest BCUT2D eigenvalue weighted by Crippen LogP contribution is -2.01. The molecule has 6 heteroatoms. The van der Waals surface area contributed by atoms with Gasteiger partial charge in [-0.25, -0.2) is 0 Å². The maximum Gasteiger partial charge on any atom is 0.0806 e. The molecule has 2 aromatic carbocycles. The molecule has 2 nitrogen and oxygen atoms in total. The van der Waals surface area contributed by atoms with Crippen LogP contribution in [0.4, 0.5) is 5.69 Å². The van der Waals surface area contributed by atoms with Gasteiger partial charge < -0.3 is 5.73 Å². The van der Waals surface area contributed by atoms with Crippen molar-refractivity contribution >= 4 is 51.3 Å². The molecule has 0 fully saturated rings. The summed E-state index contributed by atoms with van der Waals surface area (Å²) in [4.78, 5) is 0.454. The highest BCUT2D eigenvalue weighted by Crippen LogP contribution is 2.29. The van der Waals surface area contributed by atoms with Crippen LogP contribution in [0, 0.1) is 0 Å². The molecule has 0 radical (unpaired) electrons. The largest absolute Gasteiger partial charge is 0.398 e. The average Bonchev–Trinajstić information content (AvgIpc) is 2.33. The van der Waals surface area contributed by atoms with Crippen LogP contribution in [0.15, 0.2) is 41.3 Å². The second-order valence-corrected chi connectivity index (χ2v) is 6.51. The number of nitrogens with two attached hydrogens (primary N) is 1. The summed E-state index contributed by atoms with van der Waals surface area (Å²) in [6, 6.07) is 10.2. The summed E-state index contributed by atoms with van der Waals surface area (Å²) in [5, 5.41) is 1.30. The molecule has 0 aromatic heterocycles. The first-order valence-corrected chi connectivity index (χ1v) is 7.80. The van der Waals surface area contributed by atoms with Gasteiger partial charge in [-0.05, 0) is 29.8 Å². The third-order valence-corrected chi connectivity index (χ3v) is 5.18. The molecule has 1 unspecified atom stereocenters. The summed E-state index contributed by atoms with van der Waals surface area (Å²) in [6.45, 7) is 0. The van der Waals surface area contributed by atoms with E-state index in [0.717, 1.165) is 5.56 Å². The molecular formula is C13H10Cl3NOS. The Hall–Kier alpha value is -0.740. The van der Waals surface area contributed by atoms with E-state index in [-0.39, 0.29) is 5.75 Å².